The van der Waals surface area contributed by atoms with Gasteiger partial charge in [-0.2, -0.15) is 0 Å². The van der Waals surface area contributed by atoms with Gasteiger partial charge < -0.3 is 16.0 Å². The quantitative estimate of drug-likeness (QED) is 0.610. The van der Waals surface area contributed by atoms with Crippen molar-refractivity contribution in [2.75, 3.05) is 11.9 Å². The van der Waals surface area contributed by atoms with E-state index in [4.69, 9.17) is 5.73 Å². The minimum atomic E-state index is -0.478. The number of hydrogen-bond donors (Lipinski definition) is 2. The third kappa shape index (κ3) is 5.00. The number of carbonyl (C=O) groups is 2. The number of nitrogens with zero attached hydrogens (tertiary/aromatic N) is 2. The highest BCUT2D eigenvalue weighted by molar-refractivity contribution is 6.04. The molecule has 7 heteroatoms. The SMILES string of the molecule is NC(CC(=O)N1CCCC1c1ccc(F)cc1)c1ccc(C(=O)Nc2ccncc2)cc1. The van der Waals surface area contributed by atoms with E-state index in [0.717, 1.165) is 24.0 Å². The van der Waals surface area contributed by atoms with Gasteiger partial charge in [-0.05, 0) is 60.4 Å². The monoisotopic (exact) mass is 432 g/mol. The van der Waals surface area contributed by atoms with Crippen molar-refractivity contribution in [1.82, 2.24) is 9.88 Å². The maximum Gasteiger partial charge on any atom is 0.255 e. The lowest BCUT2D eigenvalue weighted by atomic mass is 10.0. The first-order chi connectivity index (χ1) is 15.5. The number of rotatable bonds is 6. The molecule has 3 aromatic rings. The van der Waals surface area contributed by atoms with Crippen LogP contribution in [0.4, 0.5) is 10.1 Å². The lowest BCUT2D eigenvalue weighted by molar-refractivity contribution is -0.132. The minimum Gasteiger partial charge on any atom is -0.336 e. The van der Waals surface area contributed by atoms with Crippen LogP contribution in [0, 0.1) is 5.82 Å². The van der Waals surface area contributed by atoms with E-state index in [2.05, 4.69) is 10.3 Å². The summed E-state index contributed by atoms with van der Waals surface area (Å²) in [5, 5.41) is 2.81. The van der Waals surface area contributed by atoms with Crippen LogP contribution >= 0.6 is 0 Å². The first-order valence-corrected chi connectivity index (χ1v) is 10.6. The van der Waals surface area contributed by atoms with Gasteiger partial charge in [0.05, 0.1) is 6.04 Å². The predicted molar refractivity (Wildman–Crippen MR) is 120 cm³/mol. The summed E-state index contributed by atoms with van der Waals surface area (Å²) in [6.07, 6.45) is 5.14. The Bertz CT molecular complexity index is 1070. The summed E-state index contributed by atoms with van der Waals surface area (Å²) >= 11 is 0. The molecular weight excluding hydrogens is 407 g/mol. The Balaban J connectivity index is 1.37. The molecule has 164 valence electrons. The molecule has 1 fully saturated rings. The van der Waals surface area contributed by atoms with Crippen LogP contribution in [0.3, 0.4) is 0 Å². The molecule has 0 aliphatic carbocycles. The largest absolute Gasteiger partial charge is 0.336 e. The lowest BCUT2D eigenvalue weighted by Gasteiger charge is -2.26. The number of anilines is 1. The van der Waals surface area contributed by atoms with Gasteiger partial charge >= 0.3 is 0 Å². The number of nitrogens with one attached hydrogen (secondary N) is 1. The number of carbonyl (C=O) groups excluding carboxylic acids is 2. The van der Waals surface area contributed by atoms with E-state index >= 15 is 0 Å². The second-order valence-electron chi connectivity index (χ2n) is 7.92. The average molecular weight is 432 g/mol. The van der Waals surface area contributed by atoms with Crippen molar-refractivity contribution in [3.8, 4) is 0 Å². The third-order valence-electron chi connectivity index (χ3n) is 5.76. The van der Waals surface area contributed by atoms with Crippen molar-refractivity contribution in [3.63, 3.8) is 0 Å². The Hall–Kier alpha value is -3.58. The Morgan fingerprint density at radius 3 is 2.44 bits per heavy atom. The van der Waals surface area contributed by atoms with Crippen LogP contribution < -0.4 is 11.1 Å². The molecule has 0 saturated carbocycles. The average Bonchev–Trinajstić information content (AvgIpc) is 3.30. The maximum atomic E-state index is 13.3. The molecule has 1 aliphatic rings. The topological polar surface area (TPSA) is 88.3 Å². The van der Waals surface area contributed by atoms with Crippen molar-refractivity contribution < 1.29 is 14.0 Å². The van der Waals surface area contributed by atoms with Crippen molar-refractivity contribution in [2.45, 2.75) is 31.3 Å². The normalized spacial score (nSPS) is 16.6. The highest BCUT2D eigenvalue weighted by Gasteiger charge is 2.30. The first kappa shape index (κ1) is 21.6. The second-order valence-corrected chi connectivity index (χ2v) is 7.92. The zero-order valence-corrected chi connectivity index (χ0v) is 17.6. The van der Waals surface area contributed by atoms with Gasteiger partial charge in [0.2, 0.25) is 5.91 Å². The van der Waals surface area contributed by atoms with Crippen molar-refractivity contribution in [3.05, 3.63) is 95.6 Å². The Morgan fingerprint density at radius 1 is 1.06 bits per heavy atom. The molecule has 32 heavy (non-hydrogen) atoms. The van der Waals surface area contributed by atoms with Gasteiger partial charge in [-0.15, -0.1) is 0 Å². The maximum absolute atomic E-state index is 13.3. The molecule has 6 nitrogen and oxygen atoms in total. The molecule has 1 aliphatic heterocycles. The van der Waals surface area contributed by atoms with Crippen LogP contribution in [0.25, 0.3) is 0 Å². The van der Waals surface area contributed by atoms with Gasteiger partial charge in [-0.25, -0.2) is 4.39 Å². The molecule has 2 heterocycles. The summed E-state index contributed by atoms with van der Waals surface area (Å²) in [5.41, 5.74) is 9.21. The molecule has 2 atom stereocenters. The summed E-state index contributed by atoms with van der Waals surface area (Å²) < 4.78 is 13.3. The van der Waals surface area contributed by atoms with Crippen LogP contribution in [0.15, 0.2) is 73.1 Å². The van der Waals surface area contributed by atoms with Crippen molar-refractivity contribution in [2.24, 2.45) is 5.73 Å². The van der Waals surface area contributed by atoms with E-state index < -0.39 is 6.04 Å². The Labute approximate surface area is 186 Å². The molecule has 4 rings (SSSR count). The van der Waals surface area contributed by atoms with E-state index in [-0.39, 0.29) is 30.1 Å². The van der Waals surface area contributed by atoms with Gasteiger partial charge in [0.25, 0.3) is 5.91 Å². The van der Waals surface area contributed by atoms with Crippen LogP contribution in [0.2, 0.25) is 0 Å². The van der Waals surface area contributed by atoms with Gasteiger partial charge in [0, 0.05) is 42.7 Å². The van der Waals surface area contributed by atoms with Gasteiger partial charge in [0.1, 0.15) is 5.82 Å². The smallest absolute Gasteiger partial charge is 0.255 e. The minimum absolute atomic E-state index is 0.0242. The first-order valence-electron chi connectivity index (χ1n) is 10.6. The summed E-state index contributed by atoms with van der Waals surface area (Å²) in [5.74, 6) is -0.542. The number of nitrogens with two attached hydrogens (primary N) is 1. The fourth-order valence-corrected chi connectivity index (χ4v) is 4.04. The van der Waals surface area contributed by atoms with E-state index in [1.807, 2.05) is 4.90 Å². The molecule has 0 bridgehead atoms. The van der Waals surface area contributed by atoms with Gasteiger partial charge in [-0.3, -0.25) is 14.6 Å². The number of benzene rings is 2. The number of amides is 2. The number of likely N-dealkylation sites (tertiary alicyclic amines) is 1. The zero-order valence-electron chi connectivity index (χ0n) is 17.6. The van der Waals surface area contributed by atoms with E-state index in [0.29, 0.717) is 17.8 Å². The Kier molecular flexibility index (Phi) is 6.56. The summed E-state index contributed by atoms with van der Waals surface area (Å²) in [6, 6.07) is 16.2. The summed E-state index contributed by atoms with van der Waals surface area (Å²) in [7, 11) is 0. The molecule has 1 aromatic heterocycles. The lowest BCUT2D eigenvalue weighted by Crippen LogP contribution is -2.33. The molecule has 2 unspecified atom stereocenters. The fourth-order valence-electron chi connectivity index (χ4n) is 4.04. The highest BCUT2D eigenvalue weighted by Crippen LogP contribution is 2.33. The predicted octanol–water partition coefficient (Wildman–Crippen LogP) is 4.23. The summed E-state index contributed by atoms with van der Waals surface area (Å²) in [4.78, 5) is 31.1. The van der Waals surface area contributed by atoms with Gasteiger partial charge in [0.15, 0.2) is 0 Å². The number of hydrogen-bond acceptors (Lipinski definition) is 4. The number of pyridine rings is 1. The van der Waals surface area contributed by atoms with Crippen LogP contribution in [0.1, 0.15) is 52.8 Å². The van der Waals surface area contributed by atoms with Gasteiger partial charge in [-0.1, -0.05) is 24.3 Å². The van der Waals surface area contributed by atoms with Crippen molar-refractivity contribution in [1.29, 1.82) is 0 Å². The van der Waals surface area contributed by atoms with E-state index in [1.54, 1.807) is 60.9 Å². The molecule has 0 spiro atoms. The molecule has 2 aromatic carbocycles. The van der Waals surface area contributed by atoms with Crippen LogP contribution in [-0.2, 0) is 4.79 Å². The fraction of sp³-hybridized carbons (Fsp3) is 0.240. The van der Waals surface area contributed by atoms with E-state index in [9.17, 15) is 14.0 Å². The van der Waals surface area contributed by atoms with Crippen molar-refractivity contribution >= 4 is 17.5 Å². The summed E-state index contributed by atoms with van der Waals surface area (Å²) in [6.45, 7) is 0.668. The molecular formula is C25H25FN4O2. The van der Waals surface area contributed by atoms with E-state index in [1.165, 1.54) is 12.1 Å². The second kappa shape index (κ2) is 9.70. The highest BCUT2D eigenvalue weighted by atomic mass is 19.1. The standard InChI is InChI=1S/C25H25FN4O2/c26-20-9-7-18(8-10-20)23-2-1-15-30(23)24(31)16-22(27)17-3-5-19(6-4-17)25(32)29-21-11-13-28-14-12-21/h3-14,22-23H,1-2,15-16,27H2,(H,28,29,32). The zero-order chi connectivity index (χ0) is 22.5. The molecule has 3 N–H and O–H groups in total. The Morgan fingerprint density at radius 2 is 1.75 bits per heavy atom. The number of aromatic nitrogens is 1. The third-order valence-corrected chi connectivity index (χ3v) is 5.76. The molecule has 0 radical (unpaired) electrons. The number of halogens is 1. The molecule has 1 saturated heterocycles. The van der Waals surface area contributed by atoms with Crippen LogP contribution in [0.5, 0.6) is 0 Å². The molecule has 2 amide bonds. The van der Waals surface area contributed by atoms with Crippen LogP contribution in [-0.4, -0.2) is 28.2 Å².